The van der Waals surface area contributed by atoms with Gasteiger partial charge in [-0.3, -0.25) is 0 Å². The van der Waals surface area contributed by atoms with Gasteiger partial charge in [0.15, 0.2) is 4.34 Å². The van der Waals surface area contributed by atoms with Crippen LogP contribution in [0.25, 0.3) is 0 Å². The van der Waals surface area contributed by atoms with Crippen molar-refractivity contribution in [2.45, 2.75) is 11.3 Å². The molecular formula is C6H7NO2S3. The second kappa shape index (κ2) is 4.15. The number of hydrogen-bond donors (Lipinski definition) is 1. The van der Waals surface area contributed by atoms with E-state index in [4.69, 9.17) is 5.11 Å². The molecule has 66 valence electrons. The number of nitrogens with zero attached hydrogens (tertiary/aromatic N) is 1. The lowest BCUT2D eigenvalue weighted by Gasteiger charge is -1.84. The fourth-order valence-corrected chi connectivity index (χ4v) is 3.48. The number of rotatable bonds is 3. The molecule has 12 heavy (non-hydrogen) atoms. The fraction of sp³-hybridized carbons (Fsp3) is 0.333. The standard InChI is InChI=1S/C6H7NO2S3/c1-3-4(5(8)9)11-6(7-3)12-10-2/h1-2H3,(H,8,9). The first-order chi connectivity index (χ1) is 5.65. The number of carboxylic acids is 1. The van der Waals surface area contributed by atoms with Crippen molar-refractivity contribution in [3.8, 4) is 0 Å². The van der Waals surface area contributed by atoms with Crippen LogP contribution >= 0.6 is 32.9 Å². The summed E-state index contributed by atoms with van der Waals surface area (Å²) in [5.41, 5.74) is 0.601. The zero-order valence-corrected chi connectivity index (χ0v) is 8.98. The van der Waals surface area contributed by atoms with Gasteiger partial charge in [0.05, 0.1) is 5.69 Å². The van der Waals surface area contributed by atoms with Crippen LogP contribution in [-0.4, -0.2) is 22.3 Å². The van der Waals surface area contributed by atoms with Crippen molar-refractivity contribution in [3.63, 3.8) is 0 Å². The number of aryl methyl sites for hydroxylation is 1. The van der Waals surface area contributed by atoms with Gasteiger partial charge in [-0.25, -0.2) is 9.78 Å². The third-order valence-corrected chi connectivity index (χ3v) is 4.26. The summed E-state index contributed by atoms with van der Waals surface area (Å²) in [6, 6.07) is 0. The second-order valence-corrected chi connectivity index (χ2v) is 5.59. The van der Waals surface area contributed by atoms with Crippen LogP contribution in [0.2, 0.25) is 0 Å². The number of carboxylic acid groups (broad SMARTS) is 1. The minimum Gasteiger partial charge on any atom is -0.477 e. The molecule has 1 heterocycles. The van der Waals surface area contributed by atoms with Crippen LogP contribution in [0.5, 0.6) is 0 Å². The molecule has 0 spiro atoms. The summed E-state index contributed by atoms with van der Waals surface area (Å²) < 4.78 is 0.803. The average Bonchev–Trinajstić information content (AvgIpc) is 2.32. The zero-order valence-electron chi connectivity index (χ0n) is 6.53. The summed E-state index contributed by atoms with van der Waals surface area (Å²) in [6.07, 6.45) is 1.93. The highest BCUT2D eigenvalue weighted by Crippen LogP contribution is 2.33. The molecule has 0 bridgehead atoms. The van der Waals surface area contributed by atoms with E-state index in [1.165, 1.54) is 22.1 Å². The summed E-state index contributed by atoms with van der Waals surface area (Å²) >= 11 is 1.22. The molecule has 0 unspecified atom stereocenters. The zero-order chi connectivity index (χ0) is 9.14. The fourth-order valence-electron chi connectivity index (χ4n) is 0.677. The van der Waals surface area contributed by atoms with E-state index in [1.54, 1.807) is 17.7 Å². The van der Waals surface area contributed by atoms with Crippen LogP contribution in [0.3, 0.4) is 0 Å². The molecule has 1 aromatic heterocycles. The second-order valence-electron chi connectivity index (χ2n) is 1.95. The largest absolute Gasteiger partial charge is 0.477 e. The van der Waals surface area contributed by atoms with Gasteiger partial charge in [0.1, 0.15) is 4.88 Å². The number of aromatic nitrogens is 1. The molecule has 0 saturated heterocycles. The summed E-state index contributed by atoms with van der Waals surface area (Å²) in [6.45, 7) is 1.71. The SMILES string of the molecule is CSSc1nc(C)c(C(=O)O)s1. The number of thiazole rings is 1. The van der Waals surface area contributed by atoms with Gasteiger partial charge in [0.2, 0.25) is 0 Å². The Morgan fingerprint density at radius 2 is 2.33 bits per heavy atom. The van der Waals surface area contributed by atoms with E-state index in [2.05, 4.69) is 4.98 Å². The van der Waals surface area contributed by atoms with Crippen LogP contribution in [0.15, 0.2) is 4.34 Å². The van der Waals surface area contributed by atoms with E-state index in [-0.39, 0.29) is 0 Å². The lowest BCUT2D eigenvalue weighted by molar-refractivity contribution is 0.0701. The third kappa shape index (κ3) is 2.15. The number of carbonyl (C=O) groups is 1. The maximum absolute atomic E-state index is 10.6. The molecule has 0 radical (unpaired) electrons. The lowest BCUT2D eigenvalue weighted by Crippen LogP contribution is -1.94. The van der Waals surface area contributed by atoms with Gasteiger partial charge in [-0.1, -0.05) is 22.1 Å². The monoisotopic (exact) mass is 221 g/mol. The highest BCUT2D eigenvalue weighted by atomic mass is 33.1. The van der Waals surface area contributed by atoms with E-state index in [0.717, 1.165) is 4.34 Å². The molecule has 1 aromatic rings. The van der Waals surface area contributed by atoms with Crippen LogP contribution in [0.1, 0.15) is 15.4 Å². The maximum Gasteiger partial charge on any atom is 0.347 e. The Hall–Kier alpha value is -0.200. The van der Waals surface area contributed by atoms with Gasteiger partial charge >= 0.3 is 5.97 Å². The van der Waals surface area contributed by atoms with Gasteiger partial charge in [-0.15, -0.1) is 0 Å². The summed E-state index contributed by atoms with van der Waals surface area (Å²) in [5.74, 6) is -0.891. The summed E-state index contributed by atoms with van der Waals surface area (Å²) in [4.78, 5) is 15.0. The van der Waals surface area contributed by atoms with Crippen LogP contribution in [0, 0.1) is 6.92 Å². The normalized spacial score (nSPS) is 10.2. The number of aromatic carboxylic acids is 1. The van der Waals surface area contributed by atoms with E-state index in [0.29, 0.717) is 10.6 Å². The Kier molecular flexibility index (Phi) is 3.42. The van der Waals surface area contributed by atoms with Crippen molar-refractivity contribution >= 4 is 38.9 Å². The molecule has 1 rings (SSSR count). The van der Waals surface area contributed by atoms with Gasteiger partial charge in [-0.05, 0) is 24.0 Å². The minimum atomic E-state index is -0.891. The van der Waals surface area contributed by atoms with E-state index >= 15 is 0 Å². The predicted molar refractivity (Wildman–Crippen MR) is 53.2 cm³/mol. The molecule has 0 amide bonds. The Morgan fingerprint density at radius 1 is 1.67 bits per heavy atom. The Balaban J connectivity index is 2.92. The van der Waals surface area contributed by atoms with Crippen molar-refractivity contribution in [1.29, 1.82) is 0 Å². The van der Waals surface area contributed by atoms with Gasteiger partial charge < -0.3 is 5.11 Å². The molecule has 0 aliphatic carbocycles. The Morgan fingerprint density at radius 3 is 2.75 bits per heavy atom. The van der Waals surface area contributed by atoms with Crippen LogP contribution in [-0.2, 0) is 0 Å². The molecule has 0 fully saturated rings. The molecule has 6 heteroatoms. The number of hydrogen-bond acceptors (Lipinski definition) is 5. The van der Waals surface area contributed by atoms with E-state index in [1.807, 2.05) is 6.26 Å². The Bertz CT molecular complexity index is 297. The Labute approximate surface area is 82.0 Å². The molecule has 0 saturated carbocycles. The minimum absolute atomic E-state index is 0.339. The molecule has 3 nitrogen and oxygen atoms in total. The molecular weight excluding hydrogens is 214 g/mol. The lowest BCUT2D eigenvalue weighted by atomic mass is 10.4. The van der Waals surface area contributed by atoms with Crippen molar-refractivity contribution in [3.05, 3.63) is 10.6 Å². The molecule has 0 atom stereocenters. The summed E-state index contributed by atoms with van der Waals surface area (Å²) in [7, 11) is 3.05. The van der Waals surface area contributed by atoms with Crippen molar-refractivity contribution in [2.24, 2.45) is 0 Å². The van der Waals surface area contributed by atoms with Crippen molar-refractivity contribution < 1.29 is 9.90 Å². The van der Waals surface area contributed by atoms with E-state index in [9.17, 15) is 4.79 Å². The van der Waals surface area contributed by atoms with Crippen LogP contribution in [0.4, 0.5) is 0 Å². The smallest absolute Gasteiger partial charge is 0.347 e. The van der Waals surface area contributed by atoms with Gasteiger partial charge in [0.25, 0.3) is 0 Å². The molecule has 0 aromatic carbocycles. The predicted octanol–water partition coefficient (Wildman–Crippen LogP) is 2.52. The van der Waals surface area contributed by atoms with Crippen molar-refractivity contribution in [2.75, 3.05) is 6.26 Å². The van der Waals surface area contributed by atoms with Crippen LogP contribution < -0.4 is 0 Å². The molecule has 0 aliphatic heterocycles. The first-order valence-electron chi connectivity index (χ1n) is 3.06. The highest BCUT2D eigenvalue weighted by molar-refractivity contribution is 8.76. The molecule has 0 aliphatic rings. The topological polar surface area (TPSA) is 50.2 Å². The summed E-state index contributed by atoms with van der Waals surface area (Å²) in [5, 5.41) is 8.70. The van der Waals surface area contributed by atoms with Gasteiger partial charge in [0, 0.05) is 0 Å². The van der Waals surface area contributed by atoms with Crippen molar-refractivity contribution in [1.82, 2.24) is 4.98 Å². The molecule has 1 N–H and O–H groups in total. The first-order valence-corrected chi connectivity index (χ1v) is 6.44. The quantitative estimate of drug-likeness (QED) is 0.795. The highest BCUT2D eigenvalue weighted by Gasteiger charge is 2.13. The maximum atomic E-state index is 10.6. The van der Waals surface area contributed by atoms with E-state index < -0.39 is 5.97 Å². The first kappa shape index (κ1) is 9.88. The third-order valence-electron chi connectivity index (χ3n) is 1.13. The van der Waals surface area contributed by atoms with Gasteiger partial charge in [-0.2, -0.15) is 0 Å². The average molecular weight is 221 g/mol.